The van der Waals surface area contributed by atoms with Crippen LogP contribution in [0.5, 0.6) is 0 Å². The minimum Gasteiger partial charge on any atom is -0.376 e. The van der Waals surface area contributed by atoms with Crippen molar-refractivity contribution in [2.45, 2.75) is 25.9 Å². The number of rotatable bonds is 3. The van der Waals surface area contributed by atoms with Crippen LogP contribution in [0.4, 0.5) is 0 Å². The van der Waals surface area contributed by atoms with E-state index in [9.17, 15) is 4.79 Å². The third kappa shape index (κ3) is 2.99. The van der Waals surface area contributed by atoms with Gasteiger partial charge in [0, 0.05) is 12.8 Å². The number of hydrogen-bond donors (Lipinski definition) is 0. The summed E-state index contributed by atoms with van der Waals surface area (Å²) in [5.41, 5.74) is 0. The fraction of sp³-hybridized carbons (Fsp3) is 0.875. The van der Waals surface area contributed by atoms with E-state index in [1.54, 1.807) is 0 Å². The van der Waals surface area contributed by atoms with Crippen molar-refractivity contribution in [2.75, 3.05) is 19.8 Å². The van der Waals surface area contributed by atoms with Gasteiger partial charge < -0.3 is 9.47 Å². The molecule has 0 bridgehead atoms. The first-order valence-electron chi connectivity index (χ1n) is 4.04. The molecule has 1 rings (SSSR count). The maximum atomic E-state index is 10.9. The van der Waals surface area contributed by atoms with Gasteiger partial charge in [0.15, 0.2) is 0 Å². The summed E-state index contributed by atoms with van der Waals surface area (Å²) in [5, 5.41) is 0. The zero-order chi connectivity index (χ0) is 8.10. The number of Topliss-reactive ketones (excluding diaryl/α,β-unsaturated/α-hetero) is 1. The minimum atomic E-state index is 0.0104. The average molecular weight is 158 g/mol. The molecule has 1 aliphatic rings. The summed E-state index contributed by atoms with van der Waals surface area (Å²) in [6, 6.07) is 0. The zero-order valence-corrected chi connectivity index (χ0v) is 6.84. The van der Waals surface area contributed by atoms with Gasteiger partial charge in [0.2, 0.25) is 0 Å². The zero-order valence-electron chi connectivity index (χ0n) is 6.84. The van der Waals surface area contributed by atoms with E-state index in [2.05, 4.69) is 0 Å². The molecule has 0 aromatic heterocycles. The van der Waals surface area contributed by atoms with E-state index >= 15 is 0 Å². The van der Waals surface area contributed by atoms with Crippen molar-refractivity contribution in [2.24, 2.45) is 0 Å². The largest absolute Gasteiger partial charge is 0.376 e. The first kappa shape index (κ1) is 8.68. The van der Waals surface area contributed by atoms with Crippen molar-refractivity contribution < 1.29 is 14.3 Å². The molecule has 0 N–H and O–H groups in total. The molecule has 0 aromatic carbocycles. The first-order chi connectivity index (χ1) is 5.33. The highest BCUT2D eigenvalue weighted by Crippen LogP contribution is 2.06. The van der Waals surface area contributed by atoms with Gasteiger partial charge in [-0.1, -0.05) is 6.92 Å². The predicted molar refractivity (Wildman–Crippen MR) is 40.5 cm³/mol. The minimum absolute atomic E-state index is 0.0104. The molecule has 0 aliphatic carbocycles. The monoisotopic (exact) mass is 158 g/mol. The molecule has 0 spiro atoms. The molecule has 1 fully saturated rings. The highest BCUT2D eigenvalue weighted by atomic mass is 16.6. The summed E-state index contributed by atoms with van der Waals surface area (Å²) in [5.74, 6) is 0.250. The second-order valence-electron chi connectivity index (χ2n) is 2.66. The van der Waals surface area contributed by atoms with Crippen LogP contribution in [0.25, 0.3) is 0 Å². The molecule has 11 heavy (non-hydrogen) atoms. The standard InChI is InChI=1S/C8H14O3/c1-2-7(9)5-8-6-10-3-4-11-8/h8H,2-6H2,1H3. The van der Waals surface area contributed by atoms with Crippen molar-refractivity contribution in [3.8, 4) is 0 Å². The number of hydrogen-bond acceptors (Lipinski definition) is 3. The third-order valence-corrected chi connectivity index (χ3v) is 1.73. The molecule has 0 saturated carbocycles. The van der Waals surface area contributed by atoms with Crippen LogP contribution in [-0.4, -0.2) is 31.7 Å². The number of carbonyl (C=O) groups excluding carboxylic acids is 1. The van der Waals surface area contributed by atoms with Crippen molar-refractivity contribution in [3.63, 3.8) is 0 Å². The Morgan fingerprint density at radius 2 is 2.36 bits per heavy atom. The van der Waals surface area contributed by atoms with Crippen molar-refractivity contribution in [3.05, 3.63) is 0 Å². The third-order valence-electron chi connectivity index (χ3n) is 1.73. The molecule has 1 aliphatic heterocycles. The Balaban J connectivity index is 2.19. The Hall–Kier alpha value is -0.410. The van der Waals surface area contributed by atoms with E-state index in [1.807, 2.05) is 6.92 Å². The summed E-state index contributed by atoms with van der Waals surface area (Å²) in [6.07, 6.45) is 1.12. The van der Waals surface area contributed by atoms with Gasteiger partial charge in [0.1, 0.15) is 5.78 Å². The fourth-order valence-electron chi connectivity index (χ4n) is 1.05. The quantitative estimate of drug-likeness (QED) is 0.608. The predicted octanol–water partition coefficient (Wildman–Crippen LogP) is 0.771. The summed E-state index contributed by atoms with van der Waals surface area (Å²) in [4.78, 5) is 10.9. The second-order valence-corrected chi connectivity index (χ2v) is 2.66. The highest BCUT2D eigenvalue weighted by Gasteiger charge is 2.16. The van der Waals surface area contributed by atoms with Crippen LogP contribution in [0.3, 0.4) is 0 Å². The molecule has 1 heterocycles. The van der Waals surface area contributed by atoms with Crippen LogP contribution in [-0.2, 0) is 14.3 Å². The van der Waals surface area contributed by atoms with Crippen molar-refractivity contribution in [1.29, 1.82) is 0 Å². The average Bonchev–Trinajstić information content (AvgIpc) is 2.06. The van der Waals surface area contributed by atoms with Gasteiger partial charge in [0.25, 0.3) is 0 Å². The lowest BCUT2D eigenvalue weighted by atomic mass is 10.1. The van der Waals surface area contributed by atoms with Crippen molar-refractivity contribution in [1.82, 2.24) is 0 Å². The maximum absolute atomic E-state index is 10.9. The van der Waals surface area contributed by atoms with E-state index in [4.69, 9.17) is 9.47 Å². The molecule has 0 amide bonds. The molecule has 1 unspecified atom stereocenters. The van der Waals surface area contributed by atoms with Gasteiger partial charge in [-0.15, -0.1) is 0 Å². The second kappa shape index (κ2) is 4.46. The van der Waals surface area contributed by atoms with E-state index in [-0.39, 0.29) is 11.9 Å². The molecule has 1 saturated heterocycles. The highest BCUT2D eigenvalue weighted by molar-refractivity contribution is 5.78. The Morgan fingerprint density at radius 1 is 1.55 bits per heavy atom. The summed E-state index contributed by atoms with van der Waals surface area (Å²) in [7, 11) is 0. The lowest BCUT2D eigenvalue weighted by molar-refractivity contribution is -0.129. The molecule has 64 valence electrons. The smallest absolute Gasteiger partial charge is 0.135 e. The molecular formula is C8H14O3. The van der Waals surface area contributed by atoms with Crippen LogP contribution < -0.4 is 0 Å². The van der Waals surface area contributed by atoms with Gasteiger partial charge in [-0.05, 0) is 0 Å². The van der Waals surface area contributed by atoms with Gasteiger partial charge in [-0.25, -0.2) is 0 Å². The van der Waals surface area contributed by atoms with Gasteiger partial charge >= 0.3 is 0 Å². The van der Waals surface area contributed by atoms with E-state index in [1.165, 1.54) is 0 Å². The molecule has 3 nitrogen and oxygen atoms in total. The SMILES string of the molecule is CCC(=O)CC1COCCO1. The Morgan fingerprint density at radius 3 is 2.91 bits per heavy atom. The Kier molecular flexibility index (Phi) is 3.52. The summed E-state index contributed by atoms with van der Waals surface area (Å²) >= 11 is 0. The summed E-state index contributed by atoms with van der Waals surface area (Å²) in [6.45, 7) is 3.73. The lowest BCUT2D eigenvalue weighted by Gasteiger charge is -2.21. The van der Waals surface area contributed by atoms with Crippen LogP contribution in [0.15, 0.2) is 0 Å². The molecule has 3 heteroatoms. The molecule has 0 radical (unpaired) electrons. The Labute approximate surface area is 66.7 Å². The topological polar surface area (TPSA) is 35.5 Å². The van der Waals surface area contributed by atoms with Crippen molar-refractivity contribution >= 4 is 5.78 Å². The lowest BCUT2D eigenvalue weighted by Crippen LogP contribution is -2.30. The van der Waals surface area contributed by atoms with Crippen LogP contribution in [0.2, 0.25) is 0 Å². The molecular weight excluding hydrogens is 144 g/mol. The number of ether oxygens (including phenoxy) is 2. The van der Waals surface area contributed by atoms with E-state index in [0.29, 0.717) is 32.7 Å². The van der Waals surface area contributed by atoms with Gasteiger partial charge in [-0.3, -0.25) is 4.79 Å². The van der Waals surface area contributed by atoms with Gasteiger partial charge in [0.05, 0.1) is 25.9 Å². The maximum Gasteiger partial charge on any atom is 0.135 e. The normalized spacial score (nSPS) is 25.0. The molecule has 1 atom stereocenters. The van der Waals surface area contributed by atoms with E-state index in [0.717, 1.165) is 0 Å². The molecule has 0 aromatic rings. The fourth-order valence-corrected chi connectivity index (χ4v) is 1.05. The van der Waals surface area contributed by atoms with Crippen LogP contribution >= 0.6 is 0 Å². The van der Waals surface area contributed by atoms with Gasteiger partial charge in [-0.2, -0.15) is 0 Å². The Bertz CT molecular complexity index is 127. The van der Waals surface area contributed by atoms with Crippen LogP contribution in [0.1, 0.15) is 19.8 Å². The summed E-state index contributed by atoms with van der Waals surface area (Å²) < 4.78 is 10.5. The number of carbonyl (C=O) groups is 1. The number of ketones is 1. The van der Waals surface area contributed by atoms with E-state index < -0.39 is 0 Å². The van der Waals surface area contributed by atoms with Crippen LogP contribution in [0, 0.1) is 0 Å². The first-order valence-corrected chi connectivity index (χ1v) is 4.04.